The third kappa shape index (κ3) is 4.83. The van der Waals surface area contributed by atoms with Gasteiger partial charge in [-0.15, -0.1) is 0 Å². The second-order valence-electron chi connectivity index (χ2n) is 5.59. The van der Waals surface area contributed by atoms with E-state index >= 15 is 0 Å². The Kier molecular flexibility index (Phi) is 6.49. The number of carbonyl (C=O) groups is 2. The van der Waals surface area contributed by atoms with Gasteiger partial charge in [0.2, 0.25) is 0 Å². The van der Waals surface area contributed by atoms with E-state index < -0.39 is 11.9 Å². The van der Waals surface area contributed by atoms with Crippen LogP contribution in [0, 0.1) is 11.8 Å². The van der Waals surface area contributed by atoms with E-state index in [1.165, 1.54) is 0 Å². The molecule has 4 heteroatoms. The molecule has 1 saturated carbocycles. The average molecular weight is 280 g/mol. The van der Waals surface area contributed by atoms with Crippen LogP contribution in [0.5, 0.6) is 0 Å². The van der Waals surface area contributed by atoms with Gasteiger partial charge in [0.25, 0.3) is 0 Å². The molecular formula is C16H24O4. The summed E-state index contributed by atoms with van der Waals surface area (Å²) in [5.74, 6) is -0.0653. The molecule has 0 aromatic heterocycles. The fourth-order valence-corrected chi connectivity index (χ4v) is 2.26. The van der Waals surface area contributed by atoms with Crippen molar-refractivity contribution in [3.8, 4) is 0 Å². The van der Waals surface area contributed by atoms with Crippen LogP contribution in [-0.2, 0) is 19.1 Å². The molecule has 20 heavy (non-hydrogen) atoms. The highest BCUT2D eigenvalue weighted by Crippen LogP contribution is 2.33. The highest BCUT2D eigenvalue weighted by molar-refractivity contribution is 5.90. The van der Waals surface area contributed by atoms with E-state index in [9.17, 15) is 9.59 Å². The van der Waals surface area contributed by atoms with E-state index in [1.54, 1.807) is 6.92 Å². The van der Waals surface area contributed by atoms with Crippen molar-refractivity contribution in [2.45, 2.75) is 46.5 Å². The molecule has 1 aliphatic rings. The molecule has 0 N–H and O–H groups in total. The van der Waals surface area contributed by atoms with E-state index in [4.69, 9.17) is 9.47 Å². The third-order valence-electron chi connectivity index (χ3n) is 3.33. The number of ether oxygens (including phenoxy) is 2. The van der Waals surface area contributed by atoms with E-state index in [-0.39, 0.29) is 11.8 Å². The Morgan fingerprint density at radius 2 is 1.90 bits per heavy atom. The first-order valence-corrected chi connectivity index (χ1v) is 7.17. The minimum absolute atomic E-state index is 0.130. The zero-order valence-corrected chi connectivity index (χ0v) is 12.6. The Labute approximate surface area is 120 Å². The molecule has 1 rings (SSSR count). The highest BCUT2D eigenvalue weighted by atomic mass is 16.5. The van der Waals surface area contributed by atoms with Crippen molar-refractivity contribution < 1.29 is 19.1 Å². The van der Waals surface area contributed by atoms with Crippen LogP contribution >= 0.6 is 0 Å². The predicted octanol–water partition coefficient (Wildman–Crippen LogP) is 3.38. The molecule has 0 radical (unpaired) electrons. The van der Waals surface area contributed by atoms with Crippen molar-refractivity contribution in [1.82, 2.24) is 0 Å². The quantitative estimate of drug-likeness (QED) is 0.425. The Morgan fingerprint density at radius 3 is 2.40 bits per heavy atom. The van der Waals surface area contributed by atoms with Crippen LogP contribution in [0.4, 0.5) is 0 Å². The van der Waals surface area contributed by atoms with Crippen LogP contribution in [0.2, 0.25) is 0 Å². The lowest BCUT2D eigenvalue weighted by molar-refractivity contribution is -0.140. The molecule has 0 aromatic rings. The number of hydrogen-bond donors (Lipinski definition) is 0. The minimum Gasteiger partial charge on any atom is -0.462 e. The van der Waals surface area contributed by atoms with Gasteiger partial charge < -0.3 is 9.47 Å². The summed E-state index contributed by atoms with van der Waals surface area (Å²) in [5, 5.41) is 0. The molecule has 0 bridgehead atoms. The third-order valence-corrected chi connectivity index (χ3v) is 3.33. The van der Waals surface area contributed by atoms with Crippen LogP contribution in [0.3, 0.4) is 0 Å². The molecule has 0 saturated heterocycles. The maximum Gasteiger partial charge on any atom is 0.337 e. The van der Waals surface area contributed by atoms with Crippen molar-refractivity contribution in [1.29, 1.82) is 0 Å². The van der Waals surface area contributed by atoms with Crippen LogP contribution in [0.15, 0.2) is 24.0 Å². The summed E-state index contributed by atoms with van der Waals surface area (Å²) in [5.41, 5.74) is 0.396. The van der Waals surface area contributed by atoms with E-state index in [2.05, 4.69) is 6.58 Å². The smallest absolute Gasteiger partial charge is 0.337 e. The lowest BCUT2D eigenvalue weighted by Crippen LogP contribution is -2.17. The largest absolute Gasteiger partial charge is 0.462 e. The van der Waals surface area contributed by atoms with Crippen molar-refractivity contribution in [2.75, 3.05) is 6.61 Å². The summed E-state index contributed by atoms with van der Waals surface area (Å²) in [6, 6.07) is 0. The van der Waals surface area contributed by atoms with Crippen molar-refractivity contribution >= 4 is 11.9 Å². The molecule has 0 heterocycles. The average Bonchev–Trinajstić information content (AvgIpc) is 2.94. The first-order chi connectivity index (χ1) is 9.45. The summed E-state index contributed by atoms with van der Waals surface area (Å²) < 4.78 is 10.5. The fourth-order valence-electron chi connectivity index (χ4n) is 2.26. The maximum atomic E-state index is 12.0. The van der Waals surface area contributed by atoms with Crippen LogP contribution < -0.4 is 0 Å². The van der Waals surface area contributed by atoms with E-state index in [1.807, 2.05) is 13.8 Å². The lowest BCUT2D eigenvalue weighted by atomic mass is 10.0. The Hall–Kier alpha value is -1.58. The van der Waals surface area contributed by atoms with Gasteiger partial charge in [-0.25, -0.2) is 9.59 Å². The molecule has 1 aliphatic carbocycles. The summed E-state index contributed by atoms with van der Waals surface area (Å²) in [6.07, 6.45) is 5.17. The maximum absolute atomic E-state index is 12.0. The van der Waals surface area contributed by atoms with Gasteiger partial charge in [0, 0.05) is 12.0 Å². The van der Waals surface area contributed by atoms with Gasteiger partial charge in [-0.1, -0.05) is 33.3 Å². The van der Waals surface area contributed by atoms with Crippen molar-refractivity contribution in [3.05, 3.63) is 24.0 Å². The zero-order valence-electron chi connectivity index (χ0n) is 12.6. The molecular weight excluding hydrogens is 256 g/mol. The summed E-state index contributed by atoms with van der Waals surface area (Å²) in [4.78, 5) is 23.5. The molecule has 112 valence electrons. The Balaban J connectivity index is 2.86. The zero-order chi connectivity index (χ0) is 15.1. The first kappa shape index (κ1) is 16.5. The Morgan fingerprint density at radius 1 is 1.30 bits per heavy atom. The second-order valence-corrected chi connectivity index (χ2v) is 5.59. The molecule has 0 atom stereocenters. The van der Waals surface area contributed by atoms with Crippen LogP contribution in [-0.4, -0.2) is 18.5 Å². The second kappa shape index (κ2) is 7.88. The number of carbonyl (C=O) groups excluding carboxylic acids is 2. The van der Waals surface area contributed by atoms with E-state index in [0.29, 0.717) is 17.9 Å². The first-order valence-electron chi connectivity index (χ1n) is 7.17. The predicted molar refractivity (Wildman–Crippen MR) is 76.7 cm³/mol. The van der Waals surface area contributed by atoms with Gasteiger partial charge in [-0.05, 0) is 25.7 Å². The molecule has 0 unspecified atom stereocenters. The lowest BCUT2D eigenvalue weighted by Gasteiger charge is -2.17. The SMILES string of the molecule is C=CC(=O)OC(=C(C)C(=O)OCC(C)C)C1CCCC1. The standard InChI is InChI=1S/C16H24O4/c1-5-14(17)20-15(13-8-6-7-9-13)12(4)16(18)19-10-11(2)3/h5,11,13H,1,6-10H2,2-4H3. The van der Waals surface area contributed by atoms with Crippen molar-refractivity contribution in [3.63, 3.8) is 0 Å². The minimum atomic E-state index is -0.525. The van der Waals surface area contributed by atoms with Gasteiger partial charge in [0.1, 0.15) is 5.76 Å². The summed E-state index contributed by atoms with van der Waals surface area (Å²) in [6.45, 7) is 9.36. The van der Waals surface area contributed by atoms with Crippen LogP contribution in [0.1, 0.15) is 46.5 Å². The number of allylic oxidation sites excluding steroid dienone is 1. The number of rotatable bonds is 6. The number of hydrogen-bond acceptors (Lipinski definition) is 4. The summed E-state index contributed by atoms with van der Waals surface area (Å²) in [7, 11) is 0. The Bertz CT molecular complexity index is 401. The molecule has 0 aromatic carbocycles. The van der Waals surface area contributed by atoms with Crippen LogP contribution in [0.25, 0.3) is 0 Å². The topological polar surface area (TPSA) is 52.6 Å². The van der Waals surface area contributed by atoms with Gasteiger partial charge in [-0.2, -0.15) is 0 Å². The van der Waals surface area contributed by atoms with Crippen molar-refractivity contribution in [2.24, 2.45) is 11.8 Å². The highest BCUT2D eigenvalue weighted by Gasteiger charge is 2.27. The number of esters is 2. The molecule has 1 fully saturated rings. The van der Waals surface area contributed by atoms with Gasteiger partial charge in [0.15, 0.2) is 0 Å². The molecule has 0 amide bonds. The normalized spacial score (nSPS) is 16.8. The van der Waals surface area contributed by atoms with Gasteiger partial charge in [-0.3, -0.25) is 0 Å². The molecule has 0 spiro atoms. The van der Waals surface area contributed by atoms with E-state index in [0.717, 1.165) is 31.8 Å². The summed E-state index contributed by atoms with van der Waals surface area (Å²) >= 11 is 0. The monoisotopic (exact) mass is 280 g/mol. The molecule has 0 aliphatic heterocycles. The van der Waals surface area contributed by atoms with Gasteiger partial charge >= 0.3 is 11.9 Å². The molecule has 4 nitrogen and oxygen atoms in total. The fraction of sp³-hybridized carbons (Fsp3) is 0.625. The van der Waals surface area contributed by atoms with Gasteiger partial charge in [0.05, 0.1) is 12.2 Å².